The van der Waals surface area contributed by atoms with Crippen LogP contribution in [0.3, 0.4) is 0 Å². The Morgan fingerprint density at radius 1 is 1.12 bits per heavy atom. The van der Waals surface area contributed by atoms with Crippen molar-refractivity contribution < 1.29 is 4.79 Å². The molecule has 0 spiro atoms. The summed E-state index contributed by atoms with van der Waals surface area (Å²) in [5.41, 5.74) is 3.25. The van der Waals surface area contributed by atoms with Gasteiger partial charge in [0.1, 0.15) is 17.5 Å². The molecule has 164 valence electrons. The number of thiophene rings is 1. The topological polar surface area (TPSA) is 94.7 Å². The van der Waals surface area contributed by atoms with Gasteiger partial charge < -0.3 is 5.32 Å². The van der Waals surface area contributed by atoms with Crippen molar-refractivity contribution in [3.05, 3.63) is 75.2 Å². The van der Waals surface area contributed by atoms with E-state index >= 15 is 0 Å². The van der Waals surface area contributed by atoms with Crippen LogP contribution < -0.4 is 10.9 Å². The highest BCUT2D eigenvalue weighted by molar-refractivity contribution is 7.18. The van der Waals surface area contributed by atoms with E-state index in [1.807, 2.05) is 24.3 Å². The summed E-state index contributed by atoms with van der Waals surface area (Å²) in [6.45, 7) is 1.34. The predicted molar refractivity (Wildman–Crippen MR) is 123 cm³/mol. The molecule has 0 saturated heterocycles. The summed E-state index contributed by atoms with van der Waals surface area (Å²) < 4.78 is 3.32. The molecular formula is C23H24N6O2S. The van der Waals surface area contributed by atoms with Crippen molar-refractivity contribution in [2.24, 2.45) is 0 Å². The number of carbonyl (C=O) groups excluding carboxylic acids is 1. The van der Waals surface area contributed by atoms with Gasteiger partial charge in [-0.15, -0.1) is 11.3 Å². The molecule has 4 aromatic rings. The second kappa shape index (κ2) is 9.04. The van der Waals surface area contributed by atoms with Crippen molar-refractivity contribution in [1.82, 2.24) is 29.6 Å². The number of aromatic nitrogens is 5. The van der Waals surface area contributed by atoms with E-state index in [0.29, 0.717) is 19.6 Å². The van der Waals surface area contributed by atoms with Gasteiger partial charge in [0.2, 0.25) is 5.91 Å². The second-order valence-corrected chi connectivity index (χ2v) is 9.11. The molecule has 0 saturated carbocycles. The van der Waals surface area contributed by atoms with Crippen molar-refractivity contribution >= 4 is 27.5 Å². The monoisotopic (exact) mass is 448 g/mol. The molecule has 1 amide bonds. The lowest BCUT2D eigenvalue weighted by molar-refractivity contribution is -0.121. The first-order valence-electron chi connectivity index (χ1n) is 10.8. The maximum absolute atomic E-state index is 13.0. The Bertz CT molecular complexity index is 1310. The number of benzene rings is 1. The number of fused-ring (bicyclic) bond motifs is 3. The van der Waals surface area contributed by atoms with E-state index in [9.17, 15) is 9.59 Å². The molecule has 0 unspecified atom stereocenters. The molecule has 0 aliphatic heterocycles. The van der Waals surface area contributed by atoms with Gasteiger partial charge in [0.15, 0.2) is 0 Å². The molecule has 0 bridgehead atoms. The Morgan fingerprint density at radius 2 is 1.97 bits per heavy atom. The summed E-state index contributed by atoms with van der Waals surface area (Å²) in [5, 5.41) is 7.88. The third-order valence-electron chi connectivity index (χ3n) is 5.91. The first-order valence-corrected chi connectivity index (χ1v) is 11.7. The van der Waals surface area contributed by atoms with E-state index < -0.39 is 0 Å². The Kier molecular flexibility index (Phi) is 5.81. The molecular weight excluding hydrogens is 424 g/mol. The van der Waals surface area contributed by atoms with Gasteiger partial charge in [0.25, 0.3) is 5.56 Å². The zero-order valence-corrected chi connectivity index (χ0v) is 18.5. The standard InChI is InChI=1S/C23H24N6O2S/c30-20(25-11-16-5-1-2-6-17(16)12-29-14-24-13-27-29)9-10-28-15-26-22-21(23(28)31)18-7-3-4-8-19(18)32-22/h1-2,5-6,13-15H,3-4,7-12H2,(H,25,30). The lowest BCUT2D eigenvalue weighted by Gasteiger charge is -2.12. The summed E-state index contributed by atoms with van der Waals surface area (Å²) in [5.74, 6) is -0.0973. The number of carbonyl (C=O) groups is 1. The SMILES string of the molecule is O=C(CCn1cnc2sc3c(c2c1=O)CCCC3)NCc1ccccc1Cn1cncn1. The second-order valence-electron chi connectivity index (χ2n) is 8.02. The number of hydrogen-bond acceptors (Lipinski definition) is 6. The Balaban J connectivity index is 1.23. The Labute approximate surface area is 188 Å². The number of aryl methyl sites for hydroxylation is 3. The summed E-state index contributed by atoms with van der Waals surface area (Å²) >= 11 is 1.64. The van der Waals surface area contributed by atoms with E-state index in [2.05, 4.69) is 20.4 Å². The van der Waals surface area contributed by atoms with E-state index in [-0.39, 0.29) is 17.9 Å². The third-order valence-corrected chi connectivity index (χ3v) is 7.11. The zero-order valence-electron chi connectivity index (χ0n) is 17.7. The van der Waals surface area contributed by atoms with Crippen LogP contribution in [0, 0.1) is 0 Å². The molecule has 1 aliphatic rings. The van der Waals surface area contributed by atoms with Crippen molar-refractivity contribution in [3.8, 4) is 0 Å². The molecule has 3 heterocycles. The van der Waals surface area contributed by atoms with Crippen LogP contribution in [0.15, 0.2) is 48.0 Å². The van der Waals surface area contributed by atoms with Crippen LogP contribution in [0.1, 0.15) is 40.8 Å². The molecule has 0 fully saturated rings. The zero-order chi connectivity index (χ0) is 21.9. The molecule has 32 heavy (non-hydrogen) atoms. The molecule has 3 aromatic heterocycles. The summed E-state index contributed by atoms with van der Waals surface area (Å²) in [7, 11) is 0. The number of rotatable bonds is 7. The van der Waals surface area contributed by atoms with Crippen LogP contribution in [0.4, 0.5) is 0 Å². The largest absolute Gasteiger partial charge is 0.352 e. The predicted octanol–water partition coefficient (Wildman–Crippen LogP) is 2.68. The minimum Gasteiger partial charge on any atom is -0.352 e. The first kappa shape index (κ1) is 20.6. The average molecular weight is 449 g/mol. The maximum atomic E-state index is 13.0. The Hall–Kier alpha value is -3.33. The van der Waals surface area contributed by atoms with Crippen LogP contribution in [-0.4, -0.2) is 30.2 Å². The average Bonchev–Trinajstić information content (AvgIpc) is 3.46. The van der Waals surface area contributed by atoms with Gasteiger partial charge in [-0.2, -0.15) is 5.10 Å². The van der Waals surface area contributed by atoms with Gasteiger partial charge in [0.05, 0.1) is 18.3 Å². The van der Waals surface area contributed by atoms with Crippen LogP contribution in [0.25, 0.3) is 10.2 Å². The molecule has 1 N–H and O–H groups in total. The third kappa shape index (κ3) is 4.20. The molecule has 5 rings (SSSR count). The quantitative estimate of drug-likeness (QED) is 0.469. The molecule has 0 atom stereocenters. The molecule has 0 radical (unpaired) electrons. The fourth-order valence-electron chi connectivity index (χ4n) is 4.22. The van der Waals surface area contributed by atoms with Crippen LogP contribution in [0.5, 0.6) is 0 Å². The van der Waals surface area contributed by atoms with E-state index in [0.717, 1.165) is 40.6 Å². The van der Waals surface area contributed by atoms with Gasteiger partial charge in [-0.25, -0.2) is 14.6 Å². The summed E-state index contributed by atoms with van der Waals surface area (Å²) in [6.07, 6.45) is 9.26. The van der Waals surface area contributed by atoms with Gasteiger partial charge in [-0.05, 0) is 42.4 Å². The number of nitrogens with one attached hydrogen (secondary N) is 1. The minimum absolute atomic E-state index is 0.0274. The Morgan fingerprint density at radius 3 is 2.81 bits per heavy atom. The lowest BCUT2D eigenvalue weighted by atomic mass is 9.97. The molecule has 1 aliphatic carbocycles. The van der Waals surface area contributed by atoms with Crippen molar-refractivity contribution in [2.45, 2.75) is 51.7 Å². The van der Waals surface area contributed by atoms with Gasteiger partial charge in [0, 0.05) is 24.4 Å². The van der Waals surface area contributed by atoms with Gasteiger partial charge >= 0.3 is 0 Å². The van der Waals surface area contributed by atoms with Crippen LogP contribution in [0.2, 0.25) is 0 Å². The van der Waals surface area contributed by atoms with Gasteiger partial charge in [-0.3, -0.25) is 14.2 Å². The molecule has 1 aromatic carbocycles. The minimum atomic E-state index is -0.0973. The van der Waals surface area contributed by atoms with E-state index in [4.69, 9.17) is 0 Å². The lowest BCUT2D eigenvalue weighted by Crippen LogP contribution is -2.28. The summed E-state index contributed by atoms with van der Waals surface area (Å²) in [6, 6.07) is 7.93. The van der Waals surface area contributed by atoms with Crippen molar-refractivity contribution in [2.75, 3.05) is 0 Å². The van der Waals surface area contributed by atoms with E-state index in [1.165, 1.54) is 23.2 Å². The maximum Gasteiger partial charge on any atom is 0.262 e. The van der Waals surface area contributed by atoms with Crippen molar-refractivity contribution in [3.63, 3.8) is 0 Å². The smallest absolute Gasteiger partial charge is 0.262 e. The van der Waals surface area contributed by atoms with Crippen LogP contribution >= 0.6 is 11.3 Å². The highest BCUT2D eigenvalue weighted by atomic mass is 32.1. The fraction of sp³-hybridized carbons (Fsp3) is 0.348. The number of amides is 1. The number of hydrogen-bond donors (Lipinski definition) is 1. The van der Waals surface area contributed by atoms with Gasteiger partial charge in [-0.1, -0.05) is 24.3 Å². The normalized spacial score (nSPS) is 13.2. The van der Waals surface area contributed by atoms with E-state index in [1.54, 1.807) is 33.2 Å². The highest BCUT2D eigenvalue weighted by Gasteiger charge is 2.20. The van der Waals surface area contributed by atoms with Crippen molar-refractivity contribution in [1.29, 1.82) is 0 Å². The summed E-state index contributed by atoms with van der Waals surface area (Å²) in [4.78, 5) is 36.1. The van der Waals surface area contributed by atoms with Crippen LogP contribution in [-0.2, 0) is 37.3 Å². The number of nitrogens with zero attached hydrogens (tertiary/aromatic N) is 5. The fourth-order valence-corrected chi connectivity index (χ4v) is 5.44. The highest BCUT2D eigenvalue weighted by Crippen LogP contribution is 2.33. The first-order chi connectivity index (χ1) is 15.7. The molecule has 9 heteroatoms. The molecule has 8 nitrogen and oxygen atoms in total.